The van der Waals surface area contributed by atoms with Crippen LogP contribution in [0.15, 0.2) is 67.3 Å². The number of carbonyl (C=O) groups is 1. The number of aromatic nitrogens is 4. The zero-order valence-corrected chi connectivity index (χ0v) is 15.7. The van der Waals surface area contributed by atoms with Crippen LogP contribution in [0, 0.1) is 6.92 Å². The summed E-state index contributed by atoms with van der Waals surface area (Å²) in [7, 11) is 0. The van der Waals surface area contributed by atoms with Gasteiger partial charge in [0.25, 0.3) is 5.91 Å². The molecule has 0 fully saturated rings. The van der Waals surface area contributed by atoms with Crippen molar-refractivity contribution < 1.29 is 4.79 Å². The normalized spacial score (nSPS) is 10.9. The maximum Gasteiger partial charge on any atom is 0.252 e. The minimum atomic E-state index is -0.0873. The minimum absolute atomic E-state index is 0.0873. The smallest absolute Gasteiger partial charge is 0.252 e. The highest BCUT2D eigenvalue weighted by Gasteiger charge is 2.13. The highest BCUT2D eigenvalue weighted by Crippen LogP contribution is 2.25. The average Bonchev–Trinajstić information content (AvgIpc) is 3.24. The van der Waals surface area contributed by atoms with Gasteiger partial charge in [-0.15, -0.1) is 10.2 Å². The van der Waals surface area contributed by atoms with Gasteiger partial charge >= 0.3 is 0 Å². The third-order valence-electron chi connectivity index (χ3n) is 4.65. The van der Waals surface area contributed by atoms with Gasteiger partial charge in [-0.2, -0.15) is 0 Å². The van der Waals surface area contributed by atoms with E-state index >= 15 is 0 Å². The van der Waals surface area contributed by atoms with Crippen LogP contribution in [-0.4, -0.2) is 32.2 Å². The summed E-state index contributed by atoms with van der Waals surface area (Å²) in [5, 5.41) is 11.4. The zero-order chi connectivity index (χ0) is 19.3. The molecule has 28 heavy (non-hydrogen) atoms. The number of fused-ring (bicyclic) bond motifs is 1. The first-order valence-corrected chi connectivity index (χ1v) is 9.28. The fourth-order valence-electron chi connectivity index (χ4n) is 3.13. The number of hydrogen-bond acceptors (Lipinski definition) is 4. The van der Waals surface area contributed by atoms with Crippen molar-refractivity contribution in [3.05, 3.63) is 78.4 Å². The predicted molar refractivity (Wildman–Crippen MR) is 109 cm³/mol. The number of nitrogens with zero attached hydrogens (tertiary/aromatic N) is 4. The molecule has 6 heteroatoms. The maximum atomic E-state index is 12.9. The Kier molecular flexibility index (Phi) is 5.10. The van der Waals surface area contributed by atoms with Gasteiger partial charge in [0.1, 0.15) is 12.7 Å². The lowest BCUT2D eigenvalue weighted by Gasteiger charge is -2.11. The van der Waals surface area contributed by atoms with Crippen LogP contribution < -0.4 is 5.32 Å². The first-order valence-electron chi connectivity index (χ1n) is 9.28. The maximum absolute atomic E-state index is 12.9. The van der Waals surface area contributed by atoms with E-state index in [9.17, 15) is 4.79 Å². The molecule has 4 aromatic rings. The van der Waals surface area contributed by atoms with E-state index in [-0.39, 0.29) is 5.91 Å². The predicted octanol–water partition coefficient (Wildman–Crippen LogP) is 3.62. The molecular formula is C22H21N5O. The van der Waals surface area contributed by atoms with Crippen molar-refractivity contribution in [3.8, 4) is 11.3 Å². The quantitative estimate of drug-likeness (QED) is 0.526. The number of aryl methyl sites for hydroxylation is 2. The molecule has 0 saturated heterocycles. The summed E-state index contributed by atoms with van der Waals surface area (Å²) in [6.07, 6.45) is 4.15. The van der Waals surface area contributed by atoms with Gasteiger partial charge in [-0.1, -0.05) is 48.0 Å². The molecule has 2 aromatic heterocycles. The molecule has 0 saturated carbocycles. The summed E-state index contributed by atoms with van der Waals surface area (Å²) in [5.74, 6) is -0.0873. The third kappa shape index (κ3) is 3.91. The van der Waals surface area contributed by atoms with Crippen LogP contribution in [0.3, 0.4) is 0 Å². The van der Waals surface area contributed by atoms with E-state index in [0.717, 1.165) is 35.1 Å². The van der Waals surface area contributed by atoms with Gasteiger partial charge in [-0.3, -0.25) is 4.79 Å². The molecule has 6 nitrogen and oxygen atoms in total. The van der Waals surface area contributed by atoms with E-state index in [1.54, 1.807) is 12.7 Å². The van der Waals surface area contributed by atoms with E-state index in [2.05, 4.69) is 34.6 Å². The van der Waals surface area contributed by atoms with Crippen molar-refractivity contribution >= 4 is 16.8 Å². The van der Waals surface area contributed by atoms with Crippen LogP contribution in [-0.2, 0) is 6.54 Å². The summed E-state index contributed by atoms with van der Waals surface area (Å²) < 4.78 is 1.89. The monoisotopic (exact) mass is 371 g/mol. The molecule has 0 atom stereocenters. The van der Waals surface area contributed by atoms with Crippen molar-refractivity contribution in [2.75, 3.05) is 6.54 Å². The molecule has 0 aliphatic rings. The van der Waals surface area contributed by atoms with Crippen LogP contribution in [0.5, 0.6) is 0 Å². The fourth-order valence-corrected chi connectivity index (χ4v) is 3.13. The number of hydrogen-bond donors (Lipinski definition) is 1. The molecule has 140 valence electrons. The van der Waals surface area contributed by atoms with Crippen molar-refractivity contribution in [1.29, 1.82) is 0 Å². The van der Waals surface area contributed by atoms with Crippen molar-refractivity contribution in [3.63, 3.8) is 0 Å². The molecule has 0 radical (unpaired) electrons. The van der Waals surface area contributed by atoms with E-state index < -0.39 is 0 Å². The molecule has 0 aliphatic carbocycles. The van der Waals surface area contributed by atoms with Gasteiger partial charge in [0, 0.05) is 24.0 Å². The molecule has 2 aromatic carbocycles. The lowest BCUT2D eigenvalue weighted by molar-refractivity contribution is 0.0954. The number of rotatable bonds is 6. The van der Waals surface area contributed by atoms with Crippen LogP contribution >= 0.6 is 0 Å². The average molecular weight is 371 g/mol. The SMILES string of the molecule is Cc1ccc(-c2cc(C(=O)NCCCn3cnnc3)c3ccccc3n2)cc1. The second-order valence-electron chi connectivity index (χ2n) is 6.75. The molecular weight excluding hydrogens is 350 g/mol. The number of benzene rings is 2. The Balaban J connectivity index is 1.57. The highest BCUT2D eigenvalue weighted by atomic mass is 16.1. The summed E-state index contributed by atoms with van der Waals surface area (Å²) in [4.78, 5) is 17.6. The Bertz CT molecular complexity index is 1090. The van der Waals surface area contributed by atoms with Gasteiger partial charge < -0.3 is 9.88 Å². The summed E-state index contributed by atoms with van der Waals surface area (Å²) in [6, 6.07) is 17.8. The van der Waals surface area contributed by atoms with Crippen molar-refractivity contribution in [2.24, 2.45) is 0 Å². The second-order valence-corrected chi connectivity index (χ2v) is 6.75. The molecule has 0 unspecified atom stereocenters. The highest BCUT2D eigenvalue weighted by molar-refractivity contribution is 6.07. The fraction of sp³-hybridized carbons (Fsp3) is 0.182. The molecule has 2 heterocycles. The second kappa shape index (κ2) is 8.00. The number of carbonyl (C=O) groups excluding carboxylic acids is 1. The summed E-state index contributed by atoms with van der Waals surface area (Å²) in [6.45, 7) is 3.39. The van der Waals surface area contributed by atoms with Crippen LogP contribution in [0.4, 0.5) is 0 Å². The Labute approximate surface area is 163 Å². The van der Waals surface area contributed by atoms with Crippen LogP contribution in [0.1, 0.15) is 22.3 Å². The van der Waals surface area contributed by atoms with E-state index in [1.807, 2.05) is 47.0 Å². The van der Waals surface area contributed by atoms with E-state index in [1.165, 1.54) is 5.56 Å². The van der Waals surface area contributed by atoms with Crippen molar-refractivity contribution in [2.45, 2.75) is 19.9 Å². The number of amides is 1. The van der Waals surface area contributed by atoms with Gasteiger partial charge in [0.05, 0.1) is 16.8 Å². The van der Waals surface area contributed by atoms with Crippen LogP contribution in [0.25, 0.3) is 22.2 Å². The molecule has 1 amide bonds. The molecule has 0 aliphatic heterocycles. The largest absolute Gasteiger partial charge is 0.352 e. The number of nitrogens with one attached hydrogen (secondary N) is 1. The Hall–Kier alpha value is -3.54. The van der Waals surface area contributed by atoms with E-state index in [4.69, 9.17) is 4.98 Å². The number of para-hydroxylation sites is 1. The lowest BCUT2D eigenvalue weighted by atomic mass is 10.0. The topological polar surface area (TPSA) is 72.7 Å². The van der Waals surface area contributed by atoms with Gasteiger partial charge in [-0.25, -0.2) is 4.98 Å². The lowest BCUT2D eigenvalue weighted by Crippen LogP contribution is -2.25. The van der Waals surface area contributed by atoms with E-state index in [0.29, 0.717) is 12.1 Å². The first kappa shape index (κ1) is 17.9. The standard InChI is InChI=1S/C22H21N5O/c1-16-7-9-17(10-8-16)21-13-19(18-5-2-3-6-20(18)26-21)22(28)23-11-4-12-27-14-24-25-15-27/h2-3,5-10,13-15H,4,11-12H2,1H3,(H,23,28). The zero-order valence-electron chi connectivity index (χ0n) is 15.7. The van der Waals surface area contributed by atoms with Crippen LogP contribution in [0.2, 0.25) is 0 Å². The molecule has 4 rings (SSSR count). The Morgan fingerprint density at radius 3 is 2.57 bits per heavy atom. The third-order valence-corrected chi connectivity index (χ3v) is 4.65. The molecule has 0 bridgehead atoms. The molecule has 1 N–H and O–H groups in total. The number of pyridine rings is 1. The summed E-state index contributed by atoms with van der Waals surface area (Å²) >= 11 is 0. The van der Waals surface area contributed by atoms with Gasteiger partial charge in [0.2, 0.25) is 0 Å². The minimum Gasteiger partial charge on any atom is -0.352 e. The Morgan fingerprint density at radius 1 is 1.04 bits per heavy atom. The van der Waals surface area contributed by atoms with Crippen molar-refractivity contribution in [1.82, 2.24) is 25.1 Å². The Morgan fingerprint density at radius 2 is 1.79 bits per heavy atom. The van der Waals surface area contributed by atoms with Gasteiger partial charge in [-0.05, 0) is 25.5 Å². The molecule has 0 spiro atoms. The summed E-state index contributed by atoms with van der Waals surface area (Å²) in [5.41, 5.74) is 4.45. The van der Waals surface area contributed by atoms with Gasteiger partial charge in [0.15, 0.2) is 0 Å². The first-order chi connectivity index (χ1) is 13.7.